The number of hydrogen-bond acceptors (Lipinski definition) is 10. The minimum absolute atomic E-state index is 0.0216. The van der Waals surface area contributed by atoms with Crippen LogP contribution in [0.5, 0.6) is 0 Å². The molecule has 0 atom stereocenters. The second-order valence-electron chi connectivity index (χ2n) is 6.44. The highest BCUT2D eigenvalue weighted by Gasteiger charge is 2.25. The molecule has 0 bridgehead atoms. The smallest absolute Gasteiger partial charge is 0.358 e. The zero-order valence-corrected chi connectivity index (χ0v) is 17.6. The number of para-hydroxylation sites is 1. The fraction of sp³-hybridized carbons (Fsp3) is 0.235. The van der Waals surface area contributed by atoms with Crippen LogP contribution in [0, 0.1) is 27.2 Å². The molecular weight excluding hydrogens is 464 g/mol. The molecule has 0 aliphatic rings. The van der Waals surface area contributed by atoms with Crippen LogP contribution in [-0.4, -0.2) is 54.7 Å². The minimum atomic E-state index is -0.727. The van der Waals surface area contributed by atoms with Gasteiger partial charge in [0.05, 0.1) is 15.7 Å². The Kier molecular flexibility index (Phi) is 6.92. The van der Waals surface area contributed by atoms with Crippen molar-refractivity contribution in [1.29, 1.82) is 0 Å². The predicted octanol–water partition coefficient (Wildman–Crippen LogP) is 1.25. The summed E-state index contributed by atoms with van der Waals surface area (Å²) in [5.41, 5.74) is -0.130. The van der Waals surface area contributed by atoms with Gasteiger partial charge in [-0.1, -0.05) is 28.9 Å². The van der Waals surface area contributed by atoms with Crippen LogP contribution in [0.15, 0.2) is 28.8 Å². The van der Waals surface area contributed by atoms with Crippen molar-refractivity contribution < 1.29 is 24.0 Å². The van der Waals surface area contributed by atoms with E-state index in [0.29, 0.717) is 5.69 Å². The van der Waals surface area contributed by atoms with Crippen LogP contribution in [0.4, 0.5) is 11.5 Å². The van der Waals surface area contributed by atoms with E-state index in [1.54, 1.807) is 0 Å². The Hall–Kier alpha value is -4.40. The van der Waals surface area contributed by atoms with Gasteiger partial charge in [0.1, 0.15) is 12.1 Å². The first-order valence-electron chi connectivity index (χ1n) is 9.18. The number of nitrogens with zero attached hydrogens (tertiary/aromatic N) is 6. The molecule has 2 aromatic heterocycles. The number of carbonyl (C=O) groups excluding carboxylic acids is 2. The number of aromatic nitrogens is 4. The number of nitro groups is 2. The number of hydrogen-bond donors (Lipinski definition) is 2. The third-order valence-corrected chi connectivity index (χ3v) is 4.73. The van der Waals surface area contributed by atoms with Crippen molar-refractivity contribution >= 4 is 34.9 Å². The van der Waals surface area contributed by atoms with Crippen LogP contribution in [0.3, 0.4) is 0 Å². The fourth-order valence-corrected chi connectivity index (χ4v) is 2.88. The summed E-state index contributed by atoms with van der Waals surface area (Å²) in [6, 6.07) is 5.46. The summed E-state index contributed by atoms with van der Waals surface area (Å²) < 4.78 is 6.07. The topological polar surface area (TPSA) is 201 Å². The number of benzene rings is 1. The Morgan fingerprint density at radius 1 is 1.12 bits per heavy atom. The molecule has 0 aliphatic heterocycles. The van der Waals surface area contributed by atoms with Crippen LogP contribution in [-0.2, 0) is 6.54 Å². The number of nitro benzene ring substituents is 1. The summed E-state index contributed by atoms with van der Waals surface area (Å²) >= 11 is 5.87. The van der Waals surface area contributed by atoms with Gasteiger partial charge in [-0.2, -0.15) is 9.67 Å². The first-order valence-corrected chi connectivity index (χ1v) is 9.56. The lowest BCUT2D eigenvalue weighted by atomic mass is 10.1. The molecule has 0 spiro atoms. The molecule has 0 aliphatic carbocycles. The van der Waals surface area contributed by atoms with Crippen molar-refractivity contribution in [3.05, 3.63) is 72.5 Å². The van der Waals surface area contributed by atoms with Crippen molar-refractivity contribution in [3.8, 4) is 0 Å². The van der Waals surface area contributed by atoms with Gasteiger partial charge in [0.2, 0.25) is 0 Å². The van der Waals surface area contributed by atoms with E-state index in [1.807, 2.05) is 0 Å². The van der Waals surface area contributed by atoms with Crippen LogP contribution >= 0.6 is 11.6 Å². The van der Waals surface area contributed by atoms with Gasteiger partial charge in [0.15, 0.2) is 10.8 Å². The summed E-state index contributed by atoms with van der Waals surface area (Å²) in [5, 5.41) is 34.1. The Morgan fingerprint density at radius 3 is 2.42 bits per heavy atom. The van der Waals surface area contributed by atoms with Gasteiger partial charge in [-0.3, -0.25) is 19.7 Å². The molecule has 172 valence electrons. The molecule has 33 heavy (non-hydrogen) atoms. The normalized spacial score (nSPS) is 10.6. The van der Waals surface area contributed by atoms with Crippen molar-refractivity contribution in [3.63, 3.8) is 0 Å². The second-order valence-corrected chi connectivity index (χ2v) is 6.82. The molecule has 2 amide bonds. The lowest BCUT2D eigenvalue weighted by Gasteiger charge is -2.06. The summed E-state index contributed by atoms with van der Waals surface area (Å²) in [6.07, 6.45) is 0. The number of rotatable bonds is 9. The van der Waals surface area contributed by atoms with E-state index in [-0.39, 0.29) is 47.6 Å². The van der Waals surface area contributed by atoms with Gasteiger partial charge in [-0.15, -0.1) is 0 Å². The third kappa shape index (κ3) is 5.27. The van der Waals surface area contributed by atoms with E-state index in [2.05, 4.69) is 25.9 Å². The third-order valence-electron chi connectivity index (χ3n) is 4.28. The maximum atomic E-state index is 12.1. The average molecular weight is 479 g/mol. The van der Waals surface area contributed by atoms with E-state index in [9.17, 15) is 29.8 Å². The second kappa shape index (κ2) is 9.82. The standard InChI is InChI=1S/C17H15ClN8O7/c1-9-13(18)14(26(31)32)22-24(9)8-12-21-17(33-23-12)16(28)20-7-6-19-15(27)10-4-2-3-5-11(10)25(29)30/h2-5H,6-8H2,1H3,(H,19,27)(H,20,28). The maximum absolute atomic E-state index is 12.1. The summed E-state index contributed by atoms with van der Waals surface area (Å²) in [5.74, 6) is -2.25. The minimum Gasteiger partial charge on any atom is -0.358 e. The quantitative estimate of drug-likeness (QED) is 0.256. The van der Waals surface area contributed by atoms with Gasteiger partial charge >= 0.3 is 17.6 Å². The molecule has 0 saturated carbocycles. The van der Waals surface area contributed by atoms with E-state index >= 15 is 0 Å². The van der Waals surface area contributed by atoms with Crippen LogP contribution in [0.25, 0.3) is 0 Å². The highest BCUT2D eigenvalue weighted by Crippen LogP contribution is 2.26. The molecular formula is C17H15ClN8O7. The van der Waals surface area contributed by atoms with Crippen LogP contribution in [0.1, 0.15) is 32.6 Å². The highest BCUT2D eigenvalue weighted by molar-refractivity contribution is 6.33. The van der Waals surface area contributed by atoms with Gasteiger partial charge in [0, 0.05) is 19.2 Å². The van der Waals surface area contributed by atoms with Crippen LogP contribution < -0.4 is 10.6 Å². The largest absolute Gasteiger partial charge is 0.408 e. The van der Waals surface area contributed by atoms with E-state index in [4.69, 9.17) is 16.1 Å². The number of carbonyl (C=O) groups is 2. The molecule has 1 aromatic carbocycles. The first-order chi connectivity index (χ1) is 15.7. The Morgan fingerprint density at radius 2 is 1.79 bits per heavy atom. The molecule has 16 heteroatoms. The number of amides is 2. The molecule has 0 saturated heterocycles. The van der Waals surface area contributed by atoms with E-state index < -0.39 is 27.5 Å². The summed E-state index contributed by atoms with van der Waals surface area (Å²) in [4.78, 5) is 48.7. The van der Waals surface area contributed by atoms with Gasteiger partial charge in [0.25, 0.3) is 11.6 Å². The van der Waals surface area contributed by atoms with Gasteiger partial charge < -0.3 is 25.3 Å². The lowest BCUT2D eigenvalue weighted by Crippen LogP contribution is -2.35. The molecule has 0 radical (unpaired) electrons. The first kappa shape index (κ1) is 23.3. The fourth-order valence-electron chi connectivity index (χ4n) is 2.67. The molecule has 0 unspecified atom stereocenters. The zero-order chi connectivity index (χ0) is 24.1. The molecule has 3 rings (SSSR count). The van der Waals surface area contributed by atoms with Crippen molar-refractivity contribution in [1.82, 2.24) is 30.6 Å². The molecule has 2 N–H and O–H groups in total. The summed E-state index contributed by atoms with van der Waals surface area (Å²) in [7, 11) is 0. The highest BCUT2D eigenvalue weighted by atomic mass is 35.5. The number of halogens is 1. The molecule has 0 fully saturated rings. The van der Waals surface area contributed by atoms with Crippen molar-refractivity contribution in [2.45, 2.75) is 13.5 Å². The Labute approximate surface area is 189 Å². The molecule has 2 heterocycles. The van der Waals surface area contributed by atoms with Crippen molar-refractivity contribution in [2.75, 3.05) is 13.1 Å². The van der Waals surface area contributed by atoms with E-state index in [1.165, 1.54) is 35.9 Å². The van der Waals surface area contributed by atoms with Crippen LogP contribution in [0.2, 0.25) is 5.02 Å². The molecule has 3 aromatic rings. The van der Waals surface area contributed by atoms with Gasteiger partial charge in [-0.05, 0) is 17.9 Å². The lowest BCUT2D eigenvalue weighted by molar-refractivity contribution is -0.389. The predicted molar refractivity (Wildman–Crippen MR) is 110 cm³/mol. The zero-order valence-electron chi connectivity index (χ0n) is 16.8. The average Bonchev–Trinajstić information content (AvgIpc) is 3.37. The molecule has 15 nitrogen and oxygen atoms in total. The SMILES string of the molecule is Cc1c(Cl)c([N+](=O)[O-])nn1Cc1noc(C(=O)NCCNC(=O)c2ccccc2[N+](=O)[O-])n1. The van der Waals surface area contributed by atoms with Gasteiger partial charge in [-0.25, -0.2) is 0 Å². The number of nitrogens with one attached hydrogen (secondary N) is 2. The van der Waals surface area contributed by atoms with E-state index in [0.717, 1.165) is 0 Å². The summed E-state index contributed by atoms with van der Waals surface area (Å²) in [6.45, 7) is 1.35. The Bertz CT molecular complexity index is 1240. The maximum Gasteiger partial charge on any atom is 0.408 e. The Balaban J connectivity index is 1.52. The van der Waals surface area contributed by atoms with Crippen molar-refractivity contribution in [2.24, 2.45) is 0 Å². The monoisotopic (exact) mass is 478 g/mol.